The molecule has 104 valence electrons. The number of rotatable bonds is 3. The third-order valence-electron chi connectivity index (χ3n) is 4.50. The van der Waals surface area contributed by atoms with Crippen molar-refractivity contribution in [2.24, 2.45) is 0 Å². The van der Waals surface area contributed by atoms with Gasteiger partial charge in [0, 0.05) is 25.7 Å². The van der Waals surface area contributed by atoms with Gasteiger partial charge in [-0.1, -0.05) is 31.2 Å². The molecule has 1 amide bonds. The Balaban J connectivity index is 2.26. The van der Waals surface area contributed by atoms with Crippen molar-refractivity contribution in [2.75, 3.05) is 13.6 Å². The molecular formula is C16H24N2O. The number of hydrogen-bond donors (Lipinski definition) is 1. The fourth-order valence-corrected chi connectivity index (χ4v) is 2.49. The second-order valence-electron chi connectivity index (χ2n) is 5.95. The monoisotopic (exact) mass is 260 g/mol. The minimum atomic E-state index is -0.0938. The second-order valence-corrected chi connectivity index (χ2v) is 5.95. The van der Waals surface area contributed by atoms with Crippen molar-refractivity contribution in [3.8, 4) is 0 Å². The van der Waals surface area contributed by atoms with E-state index >= 15 is 0 Å². The highest BCUT2D eigenvalue weighted by Gasteiger charge is 2.33. The summed E-state index contributed by atoms with van der Waals surface area (Å²) >= 11 is 0. The zero-order chi connectivity index (χ0) is 14.0. The highest BCUT2D eigenvalue weighted by molar-refractivity contribution is 5.85. The first-order chi connectivity index (χ1) is 8.97. The molecule has 0 bridgehead atoms. The van der Waals surface area contributed by atoms with E-state index in [1.165, 1.54) is 11.1 Å². The molecule has 1 unspecified atom stereocenters. The number of nitrogens with zero attached hydrogens (tertiary/aromatic N) is 1. The Labute approximate surface area is 116 Å². The van der Waals surface area contributed by atoms with Gasteiger partial charge in [-0.15, -0.1) is 0 Å². The van der Waals surface area contributed by atoms with E-state index in [0.717, 1.165) is 19.5 Å². The zero-order valence-electron chi connectivity index (χ0n) is 12.4. The average Bonchev–Trinajstić information content (AvgIpc) is 2.45. The summed E-state index contributed by atoms with van der Waals surface area (Å²) in [5.74, 6) is 0.160. The molecule has 1 aromatic rings. The van der Waals surface area contributed by atoms with Gasteiger partial charge in [0.2, 0.25) is 5.91 Å². The molecule has 0 aliphatic carbocycles. The van der Waals surface area contributed by atoms with Crippen LogP contribution in [0.2, 0.25) is 0 Å². The van der Waals surface area contributed by atoms with Gasteiger partial charge in [-0.3, -0.25) is 4.79 Å². The molecule has 0 spiro atoms. The molecule has 2 rings (SSSR count). The molecule has 1 aliphatic heterocycles. The van der Waals surface area contributed by atoms with E-state index < -0.39 is 0 Å². The first kappa shape index (κ1) is 14.1. The summed E-state index contributed by atoms with van der Waals surface area (Å²) in [5, 5.41) is 3.35. The highest BCUT2D eigenvalue weighted by Crippen LogP contribution is 2.28. The van der Waals surface area contributed by atoms with Gasteiger partial charge in [0.1, 0.15) is 0 Å². The Kier molecular flexibility index (Phi) is 3.95. The maximum absolute atomic E-state index is 12.8. The van der Waals surface area contributed by atoms with Gasteiger partial charge in [0.05, 0.1) is 5.92 Å². The Morgan fingerprint density at radius 1 is 1.42 bits per heavy atom. The average molecular weight is 260 g/mol. The first-order valence-corrected chi connectivity index (χ1v) is 7.03. The summed E-state index contributed by atoms with van der Waals surface area (Å²) in [5.41, 5.74) is 2.34. The van der Waals surface area contributed by atoms with Crippen molar-refractivity contribution in [3.63, 3.8) is 0 Å². The van der Waals surface area contributed by atoms with Gasteiger partial charge in [-0.05, 0) is 31.4 Å². The minimum absolute atomic E-state index is 0.0548. The third kappa shape index (κ3) is 2.66. The van der Waals surface area contributed by atoms with Crippen LogP contribution in [-0.2, 0) is 11.3 Å². The van der Waals surface area contributed by atoms with Gasteiger partial charge >= 0.3 is 0 Å². The number of fused-ring (bicyclic) bond motifs is 1. The Morgan fingerprint density at radius 2 is 2.11 bits per heavy atom. The van der Waals surface area contributed by atoms with Crippen molar-refractivity contribution < 1.29 is 4.79 Å². The topological polar surface area (TPSA) is 32.3 Å². The molecule has 1 N–H and O–H groups in total. The Hall–Kier alpha value is -1.35. The molecule has 1 aromatic carbocycles. The van der Waals surface area contributed by atoms with E-state index in [1.807, 2.05) is 24.1 Å². The zero-order valence-corrected chi connectivity index (χ0v) is 12.4. The van der Waals surface area contributed by atoms with Gasteiger partial charge in [-0.25, -0.2) is 0 Å². The maximum Gasteiger partial charge on any atom is 0.231 e. The van der Waals surface area contributed by atoms with Crippen LogP contribution in [0.4, 0.5) is 0 Å². The van der Waals surface area contributed by atoms with Crippen LogP contribution in [0.3, 0.4) is 0 Å². The highest BCUT2D eigenvalue weighted by atomic mass is 16.2. The van der Waals surface area contributed by atoms with Crippen molar-refractivity contribution in [1.29, 1.82) is 0 Å². The summed E-state index contributed by atoms with van der Waals surface area (Å²) in [4.78, 5) is 14.7. The molecule has 1 atom stereocenters. The number of amides is 1. The molecule has 0 saturated heterocycles. The number of carbonyl (C=O) groups is 1. The SMILES string of the molecule is CCC(C)(C)N(C)C(=O)C1CNCc2ccccc21. The van der Waals surface area contributed by atoms with E-state index in [-0.39, 0.29) is 17.4 Å². The van der Waals surface area contributed by atoms with Crippen LogP contribution in [0.25, 0.3) is 0 Å². The van der Waals surface area contributed by atoms with Gasteiger partial charge in [-0.2, -0.15) is 0 Å². The predicted octanol–water partition coefficient (Wildman–Crippen LogP) is 2.52. The summed E-state index contributed by atoms with van der Waals surface area (Å²) in [6, 6.07) is 8.25. The van der Waals surface area contributed by atoms with E-state index in [4.69, 9.17) is 0 Å². The fraction of sp³-hybridized carbons (Fsp3) is 0.562. The molecule has 3 heteroatoms. The lowest BCUT2D eigenvalue weighted by Gasteiger charge is -2.38. The largest absolute Gasteiger partial charge is 0.340 e. The summed E-state index contributed by atoms with van der Waals surface area (Å²) in [6.45, 7) is 7.96. The van der Waals surface area contributed by atoms with Crippen molar-refractivity contribution in [1.82, 2.24) is 10.2 Å². The van der Waals surface area contributed by atoms with Crippen LogP contribution in [-0.4, -0.2) is 29.9 Å². The summed E-state index contributed by atoms with van der Waals surface area (Å²) in [7, 11) is 1.92. The molecule has 0 fully saturated rings. The molecule has 0 radical (unpaired) electrons. The molecule has 0 aromatic heterocycles. The van der Waals surface area contributed by atoms with E-state index in [1.54, 1.807) is 0 Å². The molecular weight excluding hydrogens is 236 g/mol. The standard InChI is InChI=1S/C16H24N2O/c1-5-16(2,3)18(4)15(19)14-11-17-10-12-8-6-7-9-13(12)14/h6-9,14,17H,5,10-11H2,1-4H3. The molecule has 19 heavy (non-hydrogen) atoms. The van der Waals surface area contributed by atoms with Crippen molar-refractivity contribution >= 4 is 5.91 Å². The van der Waals surface area contributed by atoms with E-state index in [0.29, 0.717) is 0 Å². The molecule has 1 aliphatic rings. The van der Waals surface area contributed by atoms with Crippen LogP contribution in [0.5, 0.6) is 0 Å². The lowest BCUT2D eigenvalue weighted by molar-refractivity contribution is -0.136. The van der Waals surface area contributed by atoms with Gasteiger partial charge in [0.15, 0.2) is 0 Å². The number of benzene rings is 1. The smallest absolute Gasteiger partial charge is 0.231 e. The molecule has 0 saturated carbocycles. The lowest BCUT2D eigenvalue weighted by atomic mass is 9.88. The van der Waals surface area contributed by atoms with Crippen LogP contribution in [0.15, 0.2) is 24.3 Å². The maximum atomic E-state index is 12.8. The lowest BCUT2D eigenvalue weighted by Crippen LogP contribution is -2.49. The quantitative estimate of drug-likeness (QED) is 0.905. The Morgan fingerprint density at radius 3 is 2.79 bits per heavy atom. The normalized spacial score (nSPS) is 18.8. The summed E-state index contributed by atoms with van der Waals surface area (Å²) in [6.07, 6.45) is 0.955. The molecule has 1 heterocycles. The second kappa shape index (κ2) is 5.33. The van der Waals surface area contributed by atoms with Crippen LogP contribution >= 0.6 is 0 Å². The number of nitrogens with one attached hydrogen (secondary N) is 1. The van der Waals surface area contributed by atoms with Gasteiger partial charge in [0.25, 0.3) is 0 Å². The van der Waals surface area contributed by atoms with E-state index in [2.05, 4.69) is 38.2 Å². The summed E-state index contributed by atoms with van der Waals surface area (Å²) < 4.78 is 0. The van der Waals surface area contributed by atoms with Crippen molar-refractivity contribution in [2.45, 2.75) is 45.2 Å². The van der Waals surface area contributed by atoms with Gasteiger partial charge < -0.3 is 10.2 Å². The first-order valence-electron chi connectivity index (χ1n) is 7.03. The molecule has 3 nitrogen and oxygen atoms in total. The fourth-order valence-electron chi connectivity index (χ4n) is 2.49. The predicted molar refractivity (Wildman–Crippen MR) is 78.0 cm³/mol. The van der Waals surface area contributed by atoms with Crippen LogP contribution < -0.4 is 5.32 Å². The van der Waals surface area contributed by atoms with Crippen LogP contribution in [0.1, 0.15) is 44.2 Å². The number of carbonyl (C=O) groups excluding carboxylic acids is 1. The Bertz CT molecular complexity index is 468. The van der Waals surface area contributed by atoms with Crippen molar-refractivity contribution in [3.05, 3.63) is 35.4 Å². The third-order valence-corrected chi connectivity index (χ3v) is 4.50. The van der Waals surface area contributed by atoms with Crippen LogP contribution in [0, 0.1) is 0 Å². The minimum Gasteiger partial charge on any atom is -0.340 e. The number of likely N-dealkylation sites (N-methyl/N-ethyl adjacent to an activating group) is 1. The van der Waals surface area contributed by atoms with E-state index in [9.17, 15) is 4.79 Å². The number of hydrogen-bond acceptors (Lipinski definition) is 2.